The minimum Gasteiger partial charge on any atom is -0.369 e. The summed E-state index contributed by atoms with van der Waals surface area (Å²) in [7, 11) is -1.65. The molecule has 2 aromatic rings. The predicted octanol–water partition coefficient (Wildman–Crippen LogP) is 2.37. The zero-order valence-electron chi connectivity index (χ0n) is 17.4. The molecular weight excluding hydrogens is 407 g/mol. The molecule has 1 N–H and O–H groups in total. The molecule has 0 spiro atoms. The molecule has 30 heavy (non-hydrogen) atoms. The zero-order chi connectivity index (χ0) is 21.9. The summed E-state index contributed by atoms with van der Waals surface area (Å²) >= 11 is 0. The van der Waals surface area contributed by atoms with Gasteiger partial charge in [0.2, 0.25) is 15.9 Å². The van der Waals surface area contributed by atoms with Gasteiger partial charge in [0.1, 0.15) is 11.9 Å². The van der Waals surface area contributed by atoms with E-state index in [1.165, 1.54) is 19.1 Å². The average molecular weight is 435 g/mol. The van der Waals surface area contributed by atoms with Gasteiger partial charge in [-0.1, -0.05) is 0 Å². The van der Waals surface area contributed by atoms with Gasteiger partial charge in [-0.2, -0.15) is 0 Å². The lowest BCUT2D eigenvalue weighted by molar-refractivity contribution is -0.116. The molecule has 9 heteroatoms. The third-order valence-corrected chi connectivity index (χ3v) is 6.41. The summed E-state index contributed by atoms with van der Waals surface area (Å²) in [5.41, 5.74) is 1.89. The van der Waals surface area contributed by atoms with Gasteiger partial charge in [-0.05, 0) is 62.5 Å². The van der Waals surface area contributed by atoms with E-state index in [0.29, 0.717) is 5.69 Å². The van der Waals surface area contributed by atoms with E-state index in [2.05, 4.69) is 22.2 Å². The second kappa shape index (κ2) is 9.01. The first-order chi connectivity index (χ1) is 14.1. The molecule has 0 saturated carbocycles. The van der Waals surface area contributed by atoms with Crippen LogP contribution in [-0.4, -0.2) is 64.7 Å². The van der Waals surface area contributed by atoms with Gasteiger partial charge in [0.05, 0.1) is 11.9 Å². The van der Waals surface area contributed by atoms with E-state index in [0.717, 1.165) is 54.6 Å². The number of carbonyl (C=O) groups excluding carboxylic acids is 1. The number of sulfonamides is 1. The van der Waals surface area contributed by atoms with Gasteiger partial charge in [0.15, 0.2) is 0 Å². The van der Waals surface area contributed by atoms with Crippen LogP contribution in [0.2, 0.25) is 0 Å². The van der Waals surface area contributed by atoms with Crippen molar-refractivity contribution in [2.75, 3.05) is 54.0 Å². The average Bonchev–Trinajstić information content (AvgIpc) is 2.70. The number of carbonyl (C=O) groups is 1. The number of hydrogen-bond donors (Lipinski definition) is 1. The van der Waals surface area contributed by atoms with Crippen LogP contribution in [0.15, 0.2) is 48.5 Å². The maximum absolute atomic E-state index is 13.2. The van der Waals surface area contributed by atoms with E-state index in [4.69, 9.17) is 0 Å². The van der Waals surface area contributed by atoms with Crippen molar-refractivity contribution < 1.29 is 17.6 Å². The summed E-state index contributed by atoms with van der Waals surface area (Å²) in [6.45, 7) is 5.39. The smallest absolute Gasteiger partial charge is 0.247 e. The first-order valence-corrected chi connectivity index (χ1v) is 11.6. The van der Waals surface area contributed by atoms with E-state index in [1.807, 2.05) is 12.1 Å². The molecule has 1 heterocycles. The molecule has 1 fully saturated rings. The van der Waals surface area contributed by atoms with E-state index in [9.17, 15) is 17.6 Å². The minimum absolute atomic E-state index is 0.229. The predicted molar refractivity (Wildman–Crippen MR) is 118 cm³/mol. The first kappa shape index (κ1) is 22.0. The SMILES string of the molecule is C[C@@H](C(=O)Nc1ccc(N2CCN(C)CC2)cc1)N(c1ccc(F)cc1)S(C)(=O)=O. The number of likely N-dealkylation sites (N-methyl/N-ethyl adjacent to an activating group) is 1. The number of nitrogens with zero attached hydrogens (tertiary/aromatic N) is 3. The van der Waals surface area contributed by atoms with Crippen molar-refractivity contribution in [1.82, 2.24) is 4.90 Å². The van der Waals surface area contributed by atoms with Crippen molar-refractivity contribution in [2.45, 2.75) is 13.0 Å². The highest BCUT2D eigenvalue weighted by atomic mass is 32.2. The molecule has 1 aliphatic rings. The van der Waals surface area contributed by atoms with Gasteiger partial charge in [-0.3, -0.25) is 9.10 Å². The molecule has 0 radical (unpaired) electrons. The molecule has 1 aliphatic heterocycles. The van der Waals surface area contributed by atoms with Crippen LogP contribution < -0.4 is 14.5 Å². The minimum atomic E-state index is -3.75. The van der Waals surface area contributed by atoms with Gasteiger partial charge in [0.25, 0.3) is 0 Å². The summed E-state index contributed by atoms with van der Waals surface area (Å²) < 4.78 is 38.8. The van der Waals surface area contributed by atoms with Crippen LogP contribution in [0, 0.1) is 5.82 Å². The number of anilines is 3. The van der Waals surface area contributed by atoms with E-state index >= 15 is 0 Å². The standard InChI is InChI=1S/C21H27FN4O3S/c1-16(26(30(3,28)29)20-8-4-17(22)5-9-20)21(27)23-18-6-10-19(11-7-18)25-14-12-24(2)13-15-25/h4-11,16H,12-15H2,1-3H3,(H,23,27)/t16-/m0/s1. The number of benzene rings is 2. The Hall–Kier alpha value is -2.65. The Kier molecular flexibility index (Phi) is 6.62. The van der Waals surface area contributed by atoms with Gasteiger partial charge in [0, 0.05) is 37.6 Å². The number of piperazine rings is 1. The Morgan fingerprint density at radius 1 is 1.03 bits per heavy atom. The van der Waals surface area contributed by atoms with Crippen LogP contribution in [0.5, 0.6) is 0 Å². The van der Waals surface area contributed by atoms with E-state index in [1.54, 1.807) is 12.1 Å². The monoisotopic (exact) mass is 434 g/mol. The summed E-state index contributed by atoms with van der Waals surface area (Å²) in [4.78, 5) is 17.3. The third kappa shape index (κ3) is 5.28. The zero-order valence-corrected chi connectivity index (χ0v) is 18.2. The molecule has 1 atom stereocenters. The molecular formula is C21H27FN4O3S. The molecule has 0 unspecified atom stereocenters. The van der Waals surface area contributed by atoms with Crippen LogP contribution in [-0.2, 0) is 14.8 Å². The molecule has 2 aromatic carbocycles. The Morgan fingerprint density at radius 3 is 2.13 bits per heavy atom. The molecule has 1 amide bonds. The summed E-state index contributed by atoms with van der Waals surface area (Å²) in [6.07, 6.45) is 1.02. The maximum atomic E-state index is 13.2. The van der Waals surface area contributed by atoms with Gasteiger partial charge in [-0.25, -0.2) is 12.8 Å². The highest BCUT2D eigenvalue weighted by molar-refractivity contribution is 7.92. The largest absolute Gasteiger partial charge is 0.369 e. The lowest BCUT2D eigenvalue weighted by Gasteiger charge is -2.34. The van der Waals surface area contributed by atoms with Gasteiger partial charge < -0.3 is 15.1 Å². The molecule has 7 nitrogen and oxygen atoms in total. The molecule has 1 saturated heterocycles. The Labute approximate surface area is 177 Å². The van der Waals surface area contributed by atoms with Crippen LogP contribution in [0.4, 0.5) is 21.5 Å². The number of hydrogen-bond acceptors (Lipinski definition) is 5. The van der Waals surface area contributed by atoms with Crippen LogP contribution in [0.1, 0.15) is 6.92 Å². The van der Waals surface area contributed by atoms with Crippen molar-refractivity contribution >= 4 is 33.0 Å². The second-order valence-electron chi connectivity index (χ2n) is 7.54. The lowest BCUT2D eigenvalue weighted by Crippen LogP contribution is -2.45. The number of rotatable bonds is 6. The molecule has 162 valence electrons. The highest BCUT2D eigenvalue weighted by Crippen LogP contribution is 2.23. The van der Waals surface area contributed by atoms with E-state index in [-0.39, 0.29) is 5.69 Å². The van der Waals surface area contributed by atoms with E-state index < -0.39 is 27.8 Å². The first-order valence-electron chi connectivity index (χ1n) is 9.74. The third-order valence-electron chi connectivity index (χ3n) is 5.17. The lowest BCUT2D eigenvalue weighted by atomic mass is 10.2. The normalized spacial score (nSPS) is 16.2. The maximum Gasteiger partial charge on any atom is 0.247 e. The highest BCUT2D eigenvalue weighted by Gasteiger charge is 2.29. The summed E-state index contributed by atoms with van der Waals surface area (Å²) in [5, 5.41) is 2.77. The number of amides is 1. The Balaban J connectivity index is 1.71. The second-order valence-corrected chi connectivity index (χ2v) is 9.40. The topological polar surface area (TPSA) is 73.0 Å². The molecule has 3 rings (SSSR count). The summed E-state index contributed by atoms with van der Waals surface area (Å²) in [6, 6.07) is 11.5. The molecule has 0 aliphatic carbocycles. The quantitative estimate of drug-likeness (QED) is 0.756. The number of halogens is 1. The Morgan fingerprint density at radius 2 is 1.60 bits per heavy atom. The van der Waals surface area contributed by atoms with Crippen LogP contribution in [0.25, 0.3) is 0 Å². The van der Waals surface area contributed by atoms with Crippen molar-refractivity contribution in [1.29, 1.82) is 0 Å². The van der Waals surface area contributed by atoms with Crippen molar-refractivity contribution in [3.05, 3.63) is 54.3 Å². The number of nitrogens with one attached hydrogen (secondary N) is 1. The summed E-state index contributed by atoms with van der Waals surface area (Å²) in [5.74, 6) is -0.957. The van der Waals surface area contributed by atoms with Crippen molar-refractivity contribution in [3.63, 3.8) is 0 Å². The molecule has 0 aromatic heterocycles. The van der Waals surface area contributed by atoms with Gasteiger partial charge in [-0.15, -0.1) is 0 Å². The Bertz CT molecular complexity index is 972. The van der Waals surface area contributed by atoms with Gasteiger partial charge >= 0.3 is 0 Å². The van der Waals surface area contributed by atoms with Crippen LogP contribution >= 0.6 is 0 Å². The van der Waals surface area contributed by atoms with Crippen molar-refractivity contribution in [3.8, 4) is 0 Å². The fourth-order valence-corrected chi connectivity index (χ4v) is 4.64. The fourth-order valence-electron chi connectivity index (χ4n) is 3.46. The molecule has 0 bridgehead atoms. The van der Waals surface area contributed by atoms with Crippen molar-refractivity contribution in [2.24, 2.45) is 0 Å². The fraction of sp³-hybridized carbons (Fsp3) is 0.381. The van der Waals surface area contributed by atoms with Crippen LogP contribution in [0.3, 0.4) is 0 Å².